The summed E-state index contributed by atoms with van der Waals surface area (Å²) in [5.41, 5.74) is -2.20. The number of ketones is 1. The molecule has 1 saturated carbocycles. The Balaban J connectivity index is 2.60. The zero-order valence-corrected chi connectivity index (χ0v) is 24.8. The minimum atomic E-state index is -2.43. The van der Waals surface area contributed by atoms with Crippen molar-refractivity contribution in [2.75, 3.05) is 0 Å². The van der Waals surface area contributed by atoms with Crippen molar-refractivity contribution < 1.29 is 48.3 Å². The quantitative estimate of drug-likeness (QED) is 0.134. The van der Waals surface area contributed by atoms with Crippen LogP contribution in [0.1, 0.15) is 68.7 Å². The van der Waals surface area contributed by atoms with Crippen LogP contribution in [0.15, 0.2) is 47.1 Å². The van der Waals surface area contributed by atoms with Crippen LogP contribution in [0.4, 0.5) is 0 Å². The first-order valence-electron chi connectivity index (χ1n) is 13.3. The summed E-state index contributed by atoms with van der Waals surface area (Å²) in [7, 11) is 0. The van der Waals surface area contributed by atoms with E-state index in [1.54, 1.807) is 33.8 Å². The molecule has 1 heterocycles. The summed E-state index contributed by atoms with van der Waals surface area (Å²) in [4.78, 5) is 51.9. The predicted octanol–water partition coefficient (Wildman–Crippen LogP) is 3.05. The molecule has 7 atom stereocenters. The van der Waals surface area contributed by atoms with Crippen molar-refractivity contribution in [3.05, 3.63) is 47.1 Å². The molecule has 40 heavy (non-hydrogen) atoms. The Morgan fingerprint density at radius 1 is 0.950 bits per heavy atom. The third kappa shape index (κ3) is 6.97. The minimum absolute atomic E-state index is 0.0413. The lowest BCUT2D eigenvalue weighted by Gasteiger charge is -2.47. The van der Waals surface area contributed by atoms with Crippen molar-refractivity contribution in [3.8, 4) is 0 Å². The lowest BCUT2D eigenvalue weighted by molar-refractivity contribution is -0.210. The monoisotopic (exact) mass is 562 g/mol. The van der Waals surface area contributed by atoms with E-state index in [1.807, 2.05) is 13.8 Å². The highest BCUT2D eigenvalue weighted by atomic mass is 16.6. The van der Waals surface area contributed by atoms with Crippen molar-refractivity contribution in [3.63, 3.8) is 0 Å². The summed E-state index contributed by atoms with van der Waals surface area (Å²) in [5, 5.41) is 22.8. The van der Waals surface area contributed by atoms with E-state index in [1.165, 1.54) is 26.0 Å². The van der Waals surface area contributed by atoms with Gasteiger partial charge in [-0.15, -0.1) is 0 Å². The van der Waals surface area contributed by atoms with Gasteiger partial charge in [0, 0.05) is 23.1 Å². The molecule has 0 spiro atoms. The maximum atomic E-state index is 13.7. The van der Waals surface area contributed by atoms with Gasteiger partial charge in [0.05, 0.1) is 17.6 Å². The van der Waals surface area contributed by atoms with E-state index in [4.69, 9.17) is 18.9 Å². The van der Waals surface area contributed by atoms with Crippen molar-refractivity contribution in [1.82, 2.24) is 0 Å². The Morgan fingerprint density at radius 3 is 1.85 bits per heavy atom. The van der Waals surface area contributed by atoms with Gasteiger partial charge < -0.3 is 29.2 Å². The smallest absolute Gasteiger partial charge is 0.334 e. The number of rotatable bonds is 10. The molecular weight excluding hydrogens is 520 g/mol. The maximum absolute atomic E-state index is 13.7. The molecule has 1 saturated heterocycles. The normalized spacial score (nSPS) is 31.2. The Bertz CT molecular complexity index is 1140. The fourth-order valence-electron chi connectivity index (χ4n) is 4.36. The molecule has 0 aromatic heterocycles. The summed E-state index contributed by atoms with van der Waals surface area (Å²) in [6.45, 7) is 18.3. The Kier molecular flexibility index (Phi) is 10.4. The van der Waals surface area contributed by atoms with Crippen LogP contribution in [0.25, 0.3) is 0 Å². The fraction of sp³-hybridized carbons (Fsp3) is 0.600. The number of Topliss-reactive ketones (excluding diaryl/α,β-unsaturated/α-hetero) is 1. The van der Waals surface area contributed by atoms with Crippen LogP contribution < -0.4 is 0 Å². The van der Waals surface area contributed by atoms with Gasteiger partial charge in [-0.05, 0) is 67.9 Å². The molecule has 2 N–H and O–H groups in total. The van der Waals surface area contributed by atoms with Crippen molar-refractivity contribution in [1.29, 1.82) is 0 Å². The molecule has 0 bridgehead atoms. The molecule has 0 aromatic rings. The lowest BCUT2D eigenvalue weighted by Crippen LogP contribution is -2.68. The number of epoxide rings is 1. The van der Waals surface area contributed by atoms with Gasteiger partial charge in [0.15, 0.2) is 17.8 Å². The van der Waals surface area contributed by atoms with E-state index in [2.05, 4.69) is 6.58 Å². The first kappa shape index (κ1) is 33.1. The van der Waals surface area contributed by atoms with Crippen LogP contribution in [0, 0.1) is 5.92 Å². The highest BCUT2D eigenvalue weighted by molar-refractivity contribution is 5.97. The largest absolute Gasteiger partial charge is 0.454 e. The van der Waals surface area contributed by atoms with Crippen LogP contribution in [-0.2, 0) is 38.1 Å². The summed E-state index contributed by atoms with van der Waals surface area (Å²) in [5.74, 6) is -4.78. The molecule has 222 valence electrons. The Labute approximate surface area is 235 Å². The van der Waals surface area contributed by atoms with Crippen LogP contribution in [0.5, 0.6) is 0 Å². The first-order valence-corrected chi connectivity index (χ1v) is 13.3. The second-order valence-electron chi connectivity index (χ2n) is 11.0. The molecule has 2 aliphatic rings. The maximum Gasteiger partial charge on any atom is 0.334 e. The van der Waals surface area contributed by atoms with Crippen molar-refractivity contribution in [2.24, 2.45) is 5.92 Å². The van der Waals surface area contributed by atoms with E-state index in [9.17, 15) is 29.4 Å². The molecule has 10 nitrogen and oxygen atoms in total. The van der Waals surface area contributed by atoms with Gasteiger partial charge in [-0.1, -0.05) is 24.8 Å². The topological polar surface area (TPSA) is 149 Å². The number of carbonyl (C=O) groups excluding carboxylic acids is 4. The van der Waals surface area contributed by atoms with E-state index >= 15 is 0 Å². The number of hydrogen-bond acceptors (Lipinski definition) is 10. The number of allylic oxidation sites excluding steroid dienone is 3. The number of ether oxygens (including phenoxy) is 4. The number of esters is 3. The number of aliphatic hydroxyl groups is 2. The fourth-order valence-corrected chi connectivity index (χ4v) is 4.36. The Morgan fingerprint density at radius 2 is 1.40 bits per heavy atom. The lowest BCUT2D eigenvalue weighted by atomic mass is 9.68. The molecule has 10 heteroatoms. The molecule has 2 fully saturated rings. The number of carbonyl (C=O) groups is 4. The molecule has 0 radical (unpaired) electrons. The first-order chi connectivity index (χ1) is 18.4. The van der Waals surface area contributed by atoms with E-state index in [0.717, 1.165) is 6.92 Å². The highest BCUT2D eigenvalue weighted by Crippen LogP contribution is 2.44. The summed E-state index contributed by atoms with van der Waals surface area (Å²) in [6.07, 6.45) is -1.99. The van der Waals surface area contributed by atoms with Gasteiger partial charge >= 0.3 is 17.9 Å². The third-order valence-electron chi connectivity index (χ3n) is 7.73. The zero-order chi connectivity index (χ0) is 30.7. The molecule has 2 rings (SSSR count). The van der Waals surface area contributed by atoms with E-state index in [0.29, 0.717) is 5.57 Å². The summed E-state index contributed by atoms with van der Waals surface area (Å²) >= 11 is 0. The SMILES string of the molecule is C=C(C(CC1OC1(C)C)OC(=O)/C(C)=C\C)[C@@H]1[C@@H](O)[C@@H](OC(=O)/C(C)=C\C)[C@](C)(O)C(=O)[C@H]1OC(=O)/C(C)=C\C. The van der Waals surface area contributed by atoms with Gasteiger partial charge in [-0.3, -0.25) is 4.79 Å². The van der Waals surface area contributed by atoms with Crippen molar-refractivity contribution >= 4 is 23.7 Å². The standard InChI is InChI=1S/C30H42O10/c1-11-15(4)26(33)37-19(14-20-29(8,9)40-20)18(7)21-22(31)25(39-28(35)17(6)13-3)30(10,36)24(32)23(21)38-27(34)16(5)12-2/h11-13,19-23,25,31,36H,7,14H2,1-6,8-10H3/b15-11-,16-12-,17-13-/t19?,20?,21-,22-,23+,25-,30-/m1/s1. The molecule has 1 aliphatic carbocycles. The highest BCUT2D eigenvalue weighted by Gasteiger charge is 2.61. The van der Waals surface area contributed by atoms with E-state index in [-0.39, 0.29) is 29.2 Å². The third-order valence-corrected chi connectivity index (χ3v) is 7.73. The van der Waals surface area contributed by atoms with Crippen molar-refractivity contribution in [2.45, 2.75) is 110 Å². The minimum Gasteiger partial charge on any atom is -0.454 e. The molecule has 2 unspecified atom stereocenters. The van der Waals surface area contributed by atoms with Gasteiger partial charge in [0.1, 0.15) is 12.2 Å². The van der Waals surface area contributed by atoms with Crippen LogP contribution >= 0.6 is 0 Å². The molecule has 0 aromatic carbocycles. The zero-order valence-electron chi connectivity index (χ0n) is 24.8. The van der Waals surface area contributed by atoms with Gasteiger partial charge in [-0.25, -0.2) is 14.4 Å². The number of hydrogen-bond donors (Lipinski definition) is 2. The number of aliphatic hydroxyl groups excluding tert-OH is 1. The molecule has 0 amide bonds. The second kappa shape index (κ2) is 12.6. The van der Waals surface area contributed by atoms with Crippen LogP contribution in [0.3, 0.4) is 0 Å². The van der Waals surface area contributed by atoms with Crippen LogP contribution in [0.2, 0.25) is 0 Å². The summed E-state index contributed by atoms with van der Waals surface area (Å²) in [6, 6.07) is 0. The second-order valence-corrected chi connectivity index (χ2v) is 11.0. The van der Waals surface area contributed by atoms with Gasteiger partial charge in [0.25, 0.3) is 0 Å². The average molecular weight is 563 g/mol. The predicted molar refractivity (Wildman–Crippen MR) is 146 cm³/mol. The summed E-state index contributed by atoms with van der Waals surface area (Å²) < 4.78 is 22.4. The van der Waals surface area contributed by atoms with Gasteiger partial charge in [0.2, 0.25) is 5.78 Å². The van der Waals surface area contributed by atoms with Crippen LogP contribution in [-0.4, -0.2) is 75.6 Å². The van der Waals surface area contributed by atoms with E-state index < -0.39 is 65.2 Å². The molecular formula is C30H42O10. The average Bonchev–Trinajstić information content (AvgIpc) is 3.52. The Hall–Kier alpha value is -3.08. The van der Waals surface area contributed by atoms with Gasteiger partial charge in [-0.2, -0.15) is 0 Å². The molecule has 1 aliphatic heterocycles.